The second kappa shape index (κ2) is 7.63. The zero-order chi connectivity index (χ0) is 15.2. The largest absolute Gasteiger partial charge is 0.370 e. The van der Waals surface area contributed by atoms with Crippen molar-refractivity contribution in [1.82, 2.24) is 9.80 Å². The number of guanidine groups is 1. The van der Waals surface area contributed by atoms with Crippen LogP contribution in [0.25, 0.3) is 0 Å². The second-order valence-corrected chi connectivity index (χ2v) is 6.42. The van der Waals surface area contributed by atoms with Gasteiger partial charge in [-0.15, -0.1) is 0 Å². The second-order valence-electron chi connectivity index (χ2n) is 6.42. The molecule has 0 aliphatic carbocycles. The molecule has 1 aromatic carbocycles. The number of likely N-dealkylation sites (tertiary alicyclic amines) is 2. The molecule has 0 bridgehead atoms. The number of nitrogens with two attached hydrogens (primary N) is 1. The van der Waals surface area contributed by atoms with Gasteiger partial charge in [-0.3, -0.25) is 9.89 Å². The van der Waals surface area contributed by atoms with Gasteiger partial charge in [0.25, 0.3) is 0 Å². The van der Waals surface area contributed by atoms with Crippen molar-refractivity contribution in [2.45, 2.75) is 38.1 Å². The number of nitrogens with zero attached hydrogens (tertiary/aromatic N) is 3. The molecule has 2 N–H and O–H groups in total. The van der Waals surface area contributed by atoms with E-state index in [1.165, 1.54) is 50.8 Å². The van der Waals surface area contributed by atoms with E-state index in [0.717, 1.165) is 25.6 Å². The molecule has 2 aliphatic rings. The quantitative estimate of drug-likeness (QED) is 0.687. The highest BCUT2D eigenvalue weighted by atomic mass is 15.3. The summed E-state index contributed by atoms with van der Waals surface area (Å²) in [5.41, 5.74) is 7.59. The van der Waals surface area contributed by atoms with E-state index in [1.54, 1.807) is 0 Å². The van der Waals surface area contributed by atoms with Crippen LogP contribution in [0.1, 0.15) is 43.7 Å². The van der Waals surface area contributed by atoms with E-state index in [-0.39, 0.29) is 0 Å². The molecule has 2 heterocycles. The molecule has 0 saturated carbocycles. The summed E-state index contributed by atoms with van der Waals surface area (Å²) >= 11 is 0. The Labute approximate surface area is 134 Å². The molecule has 4 heteroatoms. The van der Waals surface area contributed by atoms with Crippen molar-refractivity contribution in [3.8, 4) is 0 Å². The number of hydrogen-bond donors (Lipinski definition) is 1. The molecule has 2 aliphatic heterocycles. The van der Waals surface area contributed by atoms with E-state index >= 15 is 0 Å². The highest BCUT2D eigenvalue weighted by molar-refractivity contribution is 5.78. The van der Waals surface area contributed by atoms with Crippen molar-refractivity contribution in [1.29, 1.82) is 0 Å². The fourth-order valence-electron chi connectivity index (χ4n) is 3.56. The van der Waals surface area contributed by atoms with Crippen LogP contribution in [-0.2, 0) is 0 Å². The monoisotopic (exact) mass is 300 g/mol. The van der Waals surface area contributed by atoms with Crippen LogP contribution < -0.4 is 5.73 Å². The van der Waals surface area contributed by atoms with Crippen molar-refractivity contribution in [3.63, 3.8) is 0 Å². The summed E-state index contributed by atoms with van der Waals surface area (Å²) in [6, 6.07) is 11.1. The third-order valence-corrected chi connectivity index (χ3v) is 4.87. The summed E-state index contributed by atoms with van der Waals surface area (Å²) in [5, 5.41) is 0. The van der Waals surface area contributed by atoms with Gasteiger partial charge in [0.1, 0.15) is 0 Å². The van der Waals surface area contributed by atoms with E-state index in [9.17, 15) is 0 Å². The Bertz CT molecular complexity index is 473. The van der Waals surface area contributed by atoms with Crippen LogP contribution in [0, 0.1) is 0 Å². The van der Waals surface area contributed by atoms with Crippen molar-refractivity contribution < 1.29 is 0 Å². The van der Waals surface area contributed by atoms with Gasteiger partial charge in [-0.25, -0.2) is 0 Å². The molecule has 2 fully saturated rings. The number of aliphatic imine (C=N–C) groups is 1. The topological polar surface area (TPSA) is 44.9 Å². The zero-order valence-corrected chi connectivity index (χ0v) is 13.5. The molecule has 4 nitrogen and oxygen atoms in total. The summed E-state index contributed by atoms with van der Waals surface area (Å²) in [7, 11) is 0. The van der Waals surface area contributed by atoms with Crippen LogP contribution >= 0.6 is 0 Å². The SMILES string of the molecule is NC(=NCC(c1ccccc1)N1CCCC1)N1CCCCC1. The van der Waals surface area contributed by atoms with Gasteiger partial charge in [0.05, 0.1) is 12.6 Å². The van der Waals surface area contributed by atoms with E-state index in [2.05, 4.69) is 40.1 Å². The average Bonchev–Trinajstić information content (AvgIpc) is 3.11. The van der Waals surface area contributed by atoms with E-state index < -0.39 is 0 Å². The molecular weight excluding hydrogens is 272 g/mol. The smallest absolute Gasteiger partial charge is 0.191 e. The predicted octanol–water partition coefficient (Wildman–Crippen LogP) is 2.62. The first-order chi connectivity index (χ1) is 10.8. The first kappa shape index (κ1) is 15.3. The molecule has 1 aromatic rings. The van der Waals surface area contributed by atoms with Gasteiger partial charge in [-0.1, -0.05) is 30.3 Å². The zero-order valence-electron chi connectivity index (χ0n) is 13.5. The Morgan fingerprint density at radius 3 is 2.27 bits per heavy atom. The number of hydrogen-bond acceptors (Lipinski definition) is 2. The minimum Gasteiger partial charge on any atom is -0.370 e. The van der Waals surface area contributed by atoms with Crippen molar-refractivity contribution >= 4 is 5.96 Å². The standard InChI is InChI=1S/C18H28N4/c19-18(22-13-5-2-6-14-22)20-15-17(21-11-7-8-12-21)16-9-3-1-4-10-16/h1,3-4,9-10,17H,2,5-8,11-15H2,(H2,19,20). The minimum absolute atomic E-state index is 0.368. The lowest BCUT2D eigenvalue weighted by molar-refractivity contribution is 0.250. The summed E-state index contributed by atoms with van der Waals surface area (Å²) in [4.78, 5) is 9.55. The molecule has 0 radical (unpaired) electrons. The number of piperidine rings is 1. The molecule has 3 rings (SSSR count). The first-order valence-electron chi connectivity index (χ1n) is 8.68. The molecule has 0 amide bonds. The molecule has 2 saturated heterocycles. The van der Waals surface area contributed by atoms with Crippen LogP contribution in [0.4, 0.5) is 0 Å². The van der Waals surface area contributed by atoms with Gasteiger partial charge in [-0.05, 0) is 50.8 Å². The maximum Gasteiger partial charge on any atom is 0.191 e. The van der Waals surface area contributed by atoms with Crippen molar-refractivity contribution in [2.75, 3.05) is 32.7 Å². The van der Waals surface area contributed by atoms with Gasteiger partial charge in [-0.2, -0.15) is 0 Å². The maximum absolute atomic E-state index is 6.23. The third-order valence-electron chi connectivity index (χ3n) is 4.87. The van der Waals surface area contributed by atoms with Crippen molar-refractivity contribution in [2.24, 2.45) is 10.7 Å². The first-order valence-corrected chi connectivity index (χ1v) is 8.68. The van der Waals surface area contributed by atoms with E-state index in [4.69, 9.17) is 10.7 Å². The molecule has 1 unspecified atom stereocenters. The highest BCUT2D eigenvalue weighted by Crippen LogP contribution is 2.25. The van der Waals surface area contributed by atoms with Gasteiger partial charge < -0.3 is 10.6 Å². The highest BCUT2D eigenvalue weighted by Gasteiger charge is 2.23. The maximum atomic E-state index is 6.23. The molecule has 22 heavy (non-hydrogen) atoms. The van der Waals surface area contributed by atoms with E-state index in [0.29, 0.717) is 6.04 Å². The molecule has 120 valence electrons. The Kier molecular flexibility index (Phi) is 5.33. The Morgan fingerprint density at radius 2 is 1.59 bits per heavy atom. The fourth-order valence-corrected chi connectivity index (χ4v) is 3.56. The molecule has 0 spiro atoms. The molecule has 1 atom stereocenters. The van der Waals surface area contributed by atoms with Crippen LogP contribution in [0.15, 0.2) is 35.3 Å². The number of benzene rings is 1. The fraction of sp³-hybridized carbons (Fsp3) is 0.611. The van der Waals surface area contributed by atoms with Gasteiger partial charge in [0.2, 0.25) is 0 Å². The van der Waals surface area contributed by atoms with Crippen LogP contribution in [0.3, 0.4) is 0 Å². The summed E-state index contributed by atoms with van der Waals surface area (Å²) < 4.78 is 0. The lowest BCUT2D eigenvalue weighted by Crippen LogP contribution is -2.41. The summed E-state index contributed by atoms with van der Waals surface area (Å²) in [6.07, 6.45) is 6.41. The van der Waals surface area contributed by atoms with Crippen LogP contribution in [-0.4, -0.2) is 48.5 Å². The lowest BCUT2D eigenvalue weighted by Gasteiger charge is -2.29. The van der Waals surface area contributed by atoms with E-state index in [1.807, 2.05) is 0 Å². The van der Waals surface area contributed by atoms with Crippen molar-refractivity contribution in [3.05, 3.63) is 35.9 Å². The summed E-state index contributed by atoms with van der Waals surface area (Å²) in [6.45, 7) is 5.26. The number of rotatable bonds is 4. The average molecular weight is 300 g/mol. The minimum atomic E-state index is 0.368. The Balaban J connectivity index is 1.69. The molecule has 0 aromatic heterocycles. The van der Waals surface area contributed by atoms with Crippen LogP contribution in [0.2, 0.25) is 0 Å². The van der Waals surface area contributed by atoms with Crippen LogP contribution in [0.5, 0.6) is 0 Å². The third kappa shape index (κ3) is 3.80. The molecular formula is C18H28N4. The van der Waals surface area contributed by atoms with Gasteiger partial charge >= 0.3 is 0 Å². The normalized spacial score (nSPS) is 22.0. The Hall–Kier alpha value is -1.55. The summed E-state index contributed by atoms with van der Waals surface area (Å²) in [5.74, 6) is 0.736. The Morgan fingerprint density at radius 1 is 0.955 bits per heavy atom. The lowest BCUT2D eigenvalue weighted by atomic mass is 10.1. The van der Waals surface area contributed by atoms with Gasteiger partial charge in [0, 0.05) is 13.1 Å². The van der Waals surface area contributed by atoms with Gasteiger partial charge in [0.15, 0.2) is 5.96 Å². The predicted molar refractivity (Wildman–Crippen MR) is 91.9 cm³/mol.